The fourth-order valence-corrected chi connectivity index (χ4v) is 1.74. The fourth-order valence-electron chi connectivity index (χ4n) is 1.74. The summed E-state index contributed by atoms with van der Waals surface area (Å²) in [4.78, 5) is 12.1. The maximum absolute atomic E-state index is 13.2. The van der Waals surface area contributed by atoms with Gasteiger partial charge in [0.15, 0.2) is 0 Å². The molecule has 0 atom stereocenters. The van der Waals surface area contributed by atoms with E-state index >= 15 is 0 Å². The lowest BCUT2D eigenvalue weighted by Crippen LogP contribution is -2.15. The van der Waals surface area contributed by atoms with Gasteiger partial charge in [-0.3, -0.25) is 4.79 Å². The number of hydrogen-bond acceptors (Lipinski definition) is 3. The quantitative estimate of drug-likeness (QED) is 0.823. The van der Waals surface area contributed by atoms with E-state index in [1.54, 1.807) is 25.1 Å². The number of nitrogens with one attached hydrogen (secondary N) is 1. The van der Waals surface area contributed by atoms with Gasteiger partial charge in [0.25, 0.3) is 5.91 Å². The zero-order valence-electron chi connectivity index (χ0n) is 10.8. The predicted molar refractivity (Wildman–Crippen MR) is 74.7 cm³/mol. The van der Waals surface area contributed by atoms with Crippen LogP contribution in [0.15, 0.2) is 36.4 Å². The number of anilines is 2. The van der Waals surface area contributed by atoms with Gasteiger partial charge in [0.1, 0.15) is 5.82 Å². The van der Waals surface area contributed by atoms with Crippen molar-refractivity contribution < 1.29 is 9.18 Å². The smallest absolute Gasteiger partial charge is 0.257 e. The van der Waals surface area contributed by atoms with E-state index in [1.807, 2.05) is 6.07 Å². The molecule has 0 radical (unpaired) electrons. The van der Waals surface area contributed by atoms with Crippen molar-refractivity contribution in [3.63, 3.8) is 0 Å². The second-order valence-corrected chi connectivity index (χ2v) is 4.33. The first-order chi connectivity index (χ1) is 9.51. The number of carbonyl (C=O) groups is 1. The minimum absolute atomic E-state index is 0.0618. The van der Waals surface area contributed by atoms with Gasteiger partial charge in [-0.05, 0) is 42.8 Å². The van der Waals surface area contributed by atoms with Gasteiger partial charge in [-0.2, -0.15) is 5.26 Å². The van der Waals surface area contributed by atoms with Crippen LogP contribution < -0.4 is 11.1 Å². The van der Waals surface area contributed by atoms with E-state index in [0.717, 1.165) is 11.6 Å². The van der Waals surface area contributed by atoms with Crippen LogP contribution in [0.1, 0.15) is 21.5 Å². The van der Waals surface area contributed by atoms with Crippen LogP contribution in [-0.2, 0) is 0 Å². The van der Waals surface area contributed by atoms with Gasteiger partial charge < -0.3 is 11.1 Å². The molecule has 2 aromatic carbocycles. The average molecular weight is 269 g/mol. The van der Waals surface area contributed by atoms with E-state index in [0.29, 0.717) is 11.3 Å². The number of nitrogens with two attached hydrogens (primary N) is 1. The molecule has 3 N–H and O–H groups in total. The minimum Gasteiger partial charge on any atom is -0.398 e. The summed E-state index contributed by atoms with van der Waals surface area (Å²) in [6.45, 7) is 1.80. The van der Waals surface area contributed by atoms with Crippen molar-refractivity contribution in [2.45, 2.75) is 6.92 Å². The zero-order chi connectivity index (χ0) is 14.7. The molecule has 0 aromatic heterocycles. The molecule has 4 nitrogen and oxygen atoms in total. The van der Waals surface area contributed by atoms with Crippen LogP contribution in [0.25, 0.3) is 0 Å². The second-order valence-electron chi connectivity index (χ2n) is 4.33. The van der Waals surface area contributed by atoms with Crippen molar-refractivity contribution in [1.82, 2.24) is 0 Å². The SMILES string of the molecule is Cc1ccc(C#N)cc1NC(=O)c1cc(F)ccc1N. The molecule has 5 heteroatoms. The molecule has 1 amide bonds. The molecule has 0 aliphatic rings. The average Bonchev–Trinajstić information content (AvgIpc) is 2.43. The molecule has 20 heavy (non-hydrogen) atoms. The minimum atomic E-state index is -0.535. The molecule has 0 saturated carbocycles. The van der Waals surface area contributed by atoms with Crippen LogP contribution >= 0.6 is 0 Å². The van der Waals surface area contributed by atoms with Crippen LogP contribution in [0.5, 0.6) is 0 Å². The number of halogens is 1. The summed E-state index contributed by atoms with van der Waals surface area (Å²) in [6.07, 6.45) is 0. The number of benzene rings is 2. The third-order valence-electron chi connectivity index (χ3n) is 2.87. The monoisotopic (exact) mass is 269 g/mol. The number of carbonyl (C=O) groups excluding carboxylic acids is 1. The van der Waals surface area contributed by atoms with Crippen molar-refractivity contribution in [2.75, 3.05) is 11.1 Å². The van der Waals surface area contributed by atoms with Crippen LogP contribution in [-0.4, -0.2) is 5.91 Å². The molecule has 0 aliphatic heterocycles. The van der Waals surface area contributed by atoms with Gasteiger partial charge in [0.2, 0.25) is 0 Å². The normalized spacial score (nSPS) is 9.85. The van der Waals surface area contributed by atoms with Gasteiger partial charge in [0.05, 0.1) is 17.2 Å². The Balaban J connectivity index is 2.33. The van der Waals surface area contributed by atoms with E-state index in [1.165, 1.54) is 12.1 Å². The van der Waals surface area contributed by atoms with Gasteiger partial charge in [0, 0.05) is 11.4 Å². The lowest BCUT2D eigenvalue weighted by Gasteiger charge is -2.10. The summed E-state index contributed by atoms with van der Waals surface area (Å²) in [5.41, 5.74) is 7.64. The number of nitriles is 1. The summed E-state index contributed by atoms with van der Waals surface area (Å²) in [5.74, 6) is -1.05. The highest BCUT2D eigenvalue weighted by Crippen LogP contribution is 2.20. The van der Waals surface area contributed by atoms with Crippen molar-refractivity contribution in [1.29, 1.82) is 5.26 Å². The van der Waals surface area contributed by atoms with E-state index < -0.39 is 11.7 Å². The molecule has 0 bridgehead atoms. The summed E-state index contributed by atoms with van der Waals surface area (Å²) >= 11 is 0. The van der Waals surface area contributed by atoms with E-state index in [4.69, 9.17) is 11.0 Å². The van der Waals surface area contributed by atoms with Crippen molar-refractivity contribution in [3.8, 4) is 6.07 Å². The summed E-state index contributed by atoms with van der Waals surface area (Å²) in [7, 11) is 0. The Morgan fingerprint density at radius 1 is 1.30 bits per heavy atom. The van der Waals surface area contributed by atoms with Gasteiger partial charge in [-0.15, -0.1) is 0 Å². The van der Waals surface area contributed by atoms with E-state index in [2.05, 4.69) is 5.32 Å². The maximum atomic E-state index is 13.2. The molecular weight excluding hydrogens is 257 g/mol. The van der Waals surface area contributed by atoms with Crippen LogP contribution in [0.3, 0.4) is 0 Å². The van der Waals surface area contributed by atoms with Gasteiger partial charge in [-0.1, -0.05) is 6.07 Å². The molecule has 100 valence electrons. The summed E-state index contributed by atoms with van der Waals surface area (Å²) in [6, 6.07) is 10.5. The molecule has 2 aromatic rings. The highest BCUT2D eigenvalue weighted by molar-refractivity contribution is 6.08. The van der Waals surface area contributed by atoms with Crippen molar-refractivity contribution in [2.24, 2.45) is 0 Å². The van der Waals surface area contributed by atoms with Gasteiger partial charge in [-0.25, -0.2) is 4.39 Å². The molecule has 0 fully saturated rings. The molecule has 0 saturated heterocycles. The number of rotatable bonds is 2. The third-order valence-corrected chi connectivity index (χ3v) is 2.87. The Morgan fingerprint density at radius 2 is 2.05 bits per heavy atom. The number of aryl methyl sites for hydroxylation is 1. The van der Waals surface area contributed by atoms with E-state index in [9.17, 15) is 9.18 Å². The molecule has 0 spiro atoms. The first-order valence-corrected chi connectivity index (χ1v) is 5.88. The third kappa shape index (κ3) is 2.75. The molecule has 0 unspecified atom stereocenters. The Hall–Kier alpha value is -2.87. The van der Waals surface area contributed by atoms with Gasteiger partial charge >= 0.3 is 0 Å². The standard InChI is InChI=1S/C15H12FN3O/c1-9-2-3-10(8-17)6-14(9)19-15(20)12-7-11(16)4-5-13(12)18/h2-7H,18H2,1H3,(H,19,20). The Morgan fingerprint density at radius 3 is 2.75 bits per heavy atom. The lowest BCUT2D eigenvalue weighted by atomic mass is 10.1. The topological polar surface area (TPSA) is 78.9 Å². The fraction of sp³-hybridized carbons (Fsp3) is 0.0667. The van der Waals surface area contributed by atoms with E-state index in [-0.39, 0.29) is 11.3 Å². The predicted octanol–water partition coefficient (Wildman–Crippen LogP) is 2.84. The van der Waals surface area contributed by atoms with Crippen molar-refractivity contribution >= 4 is 17.3 Å². The number of nitrogens with zero attached hydrogens (tertiary/aromatic N) is 1. The van der Waals surface area contributed by atoms with Crippen LogP contribution in [0.4, 0.5) is 15.8 Å². The lowest BCUT2D eigenvalue weighted by molar-refractivity contribution is 0.102. The second kappa shape index (κ2) is 5.41. The summed E-state index contributed by atoms with van der Waals surface area (Å²) in [5, 5.41) is 11.5. The summed E-state index contributed by atoms with van der Waals surface area (Å²) < 4.78 is 13.2. The van der Waals surface area contributed by atoms with Crippen LogP contribution in [0.2, 0.25) is 0 Å². The maximum Gasteiger partial charge on any atom is 0.257 e. The number of amides is 1. The number of nitrogen functional groups attached to an aromatic ring is 1. The largest absolute Gasteiger partial charge is 0.398 e. The zero-order valence-corrected chi connectivity index (χ0v) is 10.8. The molecule has 2 rings (SSSR count). The molecular formula is C15H12FN3O. The first-order valence-electron chi connectivity index (χ1n) is 5.88. The highest BCUT2D eigenvalue weighted by atomic mass is 19.1. The van der Waals surface area contributed by atoms with Crippen LogP contribution in [0, 0.1) is 24.1 Å². The molecule has 0 heterocycles. The Bertz CT molecular complexity index is 720. The molecule has 0 aliphatic carbocycles. The van der Waals surface area contributed by atoms with Crippen molar-refractivity contribution in [3.05, 3.63) is 58.9 Å². The first kappa shape index (κ1) is 13.6. The Kier molecular flexibility index (Phi) is 3.67. The number of hydrogen-bond donors (Lipinski definition) is 2. The Labute approximate surface area is 115 Å². The highest BCUT2D eigenvalue weighted by Gasteiger charge is 2.12.